The second kappa shape index (κ2) is 6.94. The standard InChI is InChI=1S/C18H23N3O2/c1-20(14-8-4-2-3-5-9-14)18(23)13-21-16-11-7-6-10-15(16)19-12-17(21)22/h6-7,10-12,14H,2-5,8-9,13H2,1H3. The number of likely N-dealkylation sites (N-methyl/N-ethyl adjacent to an activating group) is 1. The molecule has 0 saturated heterocycles. The van der Waals surface area contributed by atoms with Crippen molar-refractivity contribution >= 4 is 16.9 Å². The topological polar surface area (TPSA) is 55.2 Å². The maximum absolute atomic E-state index is 12.7. The van der Waals surface area contributed by atoms with E-state index in [2.05, 4.69) is 4.98 Å². The van der Waals surface area contributed by atoms with Crippen LogP contribution < -0.4 is 5.56 Å². The first-order chi connectivity index (χ1) is 11.2. The van der Waals surface area contributed by atoms with Crippen molar-refractivity contribution in [2.45, 2.75) is 51.1 Å². The molecule has 0 spiro atoms. The van der Waals surface area contributed by atoms with Gasteiger partial charge in [-0.15, -0.1) is 0 Å². The number of aromatic nitrogens is 2. The lowest BCUT2D eigenvalue weighted by molar-refractivity contribution is -0.132. The molecule has 1 heterocycles. The quantitative estimate of drug-likeness (QED) is 0.818. The summed E-state index contributed by atoms with van der Waals surface area (Å²) in [6.45, 7) is 0.0782. The van der Waals surface area contributed by atoms with Crippen LogP contribution in [0.2, 0.25) is 0 Å². The minimum Gasteiger partial charge on any atom is -0.341 e. The summed E-state index contributed by atoms with van der Waals surface area (Å²) >= 11 is 0. The molecule has 122 valence electrons. The summed E-state index contributed by atoms with van der Waals surface area (Å²) in [6.07, 6.45) is 8.30. The number of amides is 1. The highest BCUT2D eigenvalue weighted by atomic mass is 16.2. The lowest BCUT2D eigenvalue weighted by Crippen LogP contribution is -2.40. The summed E-state index contributed by atoms with van der Waals surface area (Å²) in [7, 11) is 1.87. The molecule has 5 nitrogen and oxygen atoms in total. The van der Waals surface area contributed by atoms with Gasteiger partial charge in [-0.05, 0) is 25.0 Å². The Morgan fingerprint density at radius 3 is 2.65 bits per heavy atom. The molecule has 1 aromatic carbocycles. The smallest absolute Gasteiger partial charge is 0.269 e. The normalized spacial score (nSPS) is 16.2. The fourth-order valence-corrected chi connectivity index (χ4v) is 3.37. The van der Waals surface area contributed by atoms with Crippen molar-refractivity contribution < 1.29 is 4.79 Å². The summed E-state index contributed by atoms with van der Waals surface area (Å²) < 4.78 is 1.53. The third-order valence-corrected chi connectivity index (χ3v) is 4.81. The molecule has 0 aliphatic heterocycles. The average Bonchev–Trinajstić information content (AvgIpc) is 2.86. The molecule has 1 aliphatic carbocycles. The van der Waals surface area contributed by atoms with Gasteiger partial charge in [-0.1, -0.05) is 37.8 Å². The highest BCUT2D eigenvalue weighted by Crippen LogP contribution is 2.21. The van der Waals surface area contributed by atoms with Gasteiger partial charge in [0.2, 0.25) is 5.91 Å². The molecule has 0 unspecified atom stereocenters. The molecule has 23 heavy (non-hydrogen) atoms. The first kappa shape index (κ1) is 15.7. The largest absolute Gasteiger partial charge is 0.341 e. The first-order valence-corrected chi connectivity index (χ1v) is 8.37. The fourth-order valence-electron chi connectivity index (χ4n) is 3.37. The van der Waals surface area contributed by atoms with Crippen LogP contribution in [-0.4, -0.2) is 33.4 Å². The predicted octanol–water partition coefficient (Wildman–Crippen LogP) is 2.58. The molecule has 2 aromatic rings. The van der Waals surface area contributed by atoms with Crippen LogP contribution in [0.4, 0.5) is 0 Å². The van der Waals surface area contributed by atoms with Crippen molar-refractivity contribution in [1.82, 2.24) is 14.5 Å². The second-order valence-corrected chi connectivity index (χ2v) is 6.32. The van der Waals surface area contributed by atoms with E-state index in [1.807, 2.05) is 36.2 Å². The van der Waals surface area contributed by atoms with Crippen molar-refractivity contribution in [3.05, 3.63) is 40.8 Å². The molecule has 1 fully saturated rings. The minimum atomic E-state index is -0.230. The lowest BCUT2D eigenvalue weighted by atomic mass is 10.1. The molecule has 1 saturated carbocycles. The maximum Gasteiger partial charge on any atom is 0.269 e. The zero-order chi connectivity index (χ0) is 16.2. The van der Waals surface area contributed by atoms with Gasteiger partial charge in [-0.2, -0.15) is 0 Å². The van der Waals surface area contributed by atoms with E-state index in [1.54, 1.807) is 0 Å². The van der Waals surface area contributed by atoms with E-state index in [0.29, 0.717) is 11.6 Å². The van der Waals surface area contributed by atoms with Gasteiger partial charge in [0.15, 0.2) is 0 Å². The number of carbonyl (C=O) groups is 1. The van der Waals surface area contributed by atoms with Crippen LogP contribution in [-0.2, 0) is 11.3 Å². The number of para-hydroxylation sites is 2. The van der Waals surface area contributed by atoms with Crippen LogP contribution in [0, 0.1) is 0 Å². The van der Waals surface area contributed by atoms with Gasteiger partial charge in [-0.3, -0.25) is 14.2 Å². The first-order valence-electron chi connectivity index (χ1n) is 8.37. The average molecular weight is 313 g/mol. The number of hydrogen-bond donors (Lipinski definition) is 0. The maximum atomic E-state index is 12.7. The SMILES string of the molecule is CN(C(=O)Cn1c(=O)cnc2ccccc21)C1CCCCCC1. The third kappa shape index (κ3) is 3.44. The van der Waals surface area contributed by atoms with Crippen LogP contribution in [0.1, 0.15) is 38.5 Å². The number of rotatable bonds is 3. The van der Waals surface area contributed by atoms with E-state index in [1.165, 1.54) is 36.4 Å². The summed E-state index contributed by atoms with van der Waals surface area (Å²) in [5.74, 6) is -0.00430. The zero-order valence-corrected chi connectivity index (χ0v) is 13.6. The van der Waals surface area contributed by atoms with Gasteiger partial charge in [0.25, 0.3) is 5.56 Å². The number of benzene rings is 1. The Morgan fingerprint density at radius 2 is 1.91 bits per heavy atom. The Kier molecular flexibility index (Phi) is 4.74. The van der Waals surface area contributed by atoms with Gasteiger partial charge in [0.05, 0.1) is 17.2 Å². The van der Waals surface area contributed by atoms with Crippen molar-refractivity contribution in [1.29, 1.82) is 0 Å². The van der Waals surface area contributed by atoms with Crippen LogP contribution in [0.5, 0.6) is 0 Å². The summed E-state index contributed by atoms with van der Waals surface area (Å²) in [5, 5.41) is 0. The zero-order valence-electron chi connectivity index (χ0n) is 13.6. The number of hydrogen-bond acceptors (Lipinski definition) is 3. The molecule has 5 heteroatoms. The molecule has 0 atom stereocenters. The Balaban J connectivity index is 1.82. The van der Waals surface area contributed by atoms with Crippen molar-refractivity contribution in [2.24, 2.45) is 0 Å². The molecule has 1 amide bonds. The van der Waals surface area contributed by atoms with E-state index in [-0.39, 0.29) is 18.0 Å². The molecule has 0 bridgehead atoms. The molecule has 0 radical (unpaired) electrons. The van der Waals surface area contributed by atoms with Crippen molar-refractivity contribution in [3.63, 3.8) is 0 Å². The van der Waals surface area contributed by atoms with Crippen molar-refractivity contribution in [2.75, 3.05) is 7.05 Å². The molecule has 1 aliphatic rings. The monoisotopic (exact) mass is 313 g/mol. The predicted molar refractivity (Wildman–Crippen MR) is 90.3 cm³/mol. The van der Waals surface area contributed by atoms with Crippen molar-refractivity contribution in [3.8, 4) is 0 Å². The molecular formula is C18H23N3O2. The Morgan fingerprint density at radius 1 is 1.22 bits per heavy atom. The van der Waals surface area contributed by atoms with E-state index < -0.39 is 0 Å². The molecule has 0 N–H and O–H groups in total. The number of nitrogens with zero attached hydrogens (tertiary/aromatic N) is 3. The van der Waals surface area contributed by atoms with Gasteiger partial charge < -0.3 is 4.90 Å². The van der Waals surface area contributed by atoms with Gasteiger partial charge in [0.1, 0.15) is 6.54 Å². The van der Waals surface area contributed by atoms with Crippen LogP contribution in [0.15, 0.2) is 35.3 Å². The highest BCUT2D eigenvalue weighted by Gasteiger charge is 2.22. The van der Waals surface area contributed by atoms with Gasteiger partial charge in [0, 0.05) is 13.1 Å². The van der Waals surface area contributed by atoms with E-state index in [9.17, 15) is 9.59 Å². The van der Waals surface area contributed by atoms with Crippen LogP contribution in [0.3, 0.4) is 0 Å². The fraction of sp³-hybridized carbons (Fsp3) is 0.500. The van der Waals surface area contributed by atoms with Gasteiger partial charge in [-0.25, -0.2) is 4.98 Å². The van der Waals surface area contributed by atoms with E-state index in [4.69, 9.17) is 0 Å². The van der Waals surface area contributed by atoms with Crippen LogP contribution in [0.25, 0.3) is 11.0 Å². The van der Waals surface area contributed by atoms with E-state index >= 15 is 0 Å². The van der Waals surface area contributed by atoms with Crippen LogP contribution >= 0.6 is 0 Å². The minimum absolute atomic E-state index is 0.00430. The molecule has 3 rings (SSSR count). The Bertz CT molecular complexity index is 745. The summed E-state index contributed by atoms with van der Waals surface area (Å²) in [5.41, 5.74) is 1.21. The van der Waals surface area contributed by atoms with E-state index in [0.717, 1.165) is 18.4 Å². The second-order valence-electron chi connectivity index (χ2n) is 6.32. The number of fused-ring (bicyclic) bond motifs is 1. The Hall–Kier alpha value is -2.17. The highest BCUT2D eigenvalue weighted by molar-refractivity contribution is 5.80. The Labute approximate surface area is 135 Å². The lowest BCUT2D eigenvalue weighted by Gasteiger charge is -2.27. The molecule has 1 aromatic heterocycles. The third-order valence-electron chi connectivity index (χ3n) is 4.81. The van der Waals surface area contributed by atoms with Gasteiger partial charge >= 0.3 is 0 Å². The summed E-state index contributed by atoms with van der Waals surface area (Å²) in [4.78, 5) is 30.8. The molecular weight excluding hydrogens is 290 g/mol. The number of carbonyl (C=O) groups excluding carboxylic acids is 1. The summed E-state index contributed by atoms with van der Waals surface area (Å²) in [6, 6.07) is 7.73.